The topological polar surface area (TPSA) is 83.9 Å². The van der Waals surface area contributed by atoms with E-state index in [-0.39, 0.29) is 45.5 Å². The molecule has 0 aliphatic heterocycles. The van der Waals surface area contributed by atoms with Crippen LogP contribution < -0.4 is 0 Å². The van der Waals surface area contributed by atoms with E-state index in [0.29, 0.717) is 30.0 Å². The van der Waals surface area contributed by atoms with Crippen molar-refractivity contribution in [3.8, 4) is 0 Å². The van der Waals surface area contributed by atoms with E-state index in [4.69, 9.17) is 16.3 Å². The molecule has 0 bridgehead atoms. The zero-order valence-electron chi connectivity index (χ0n) is 33.8. The number of esters is 1. The van der Waals surface area contributed by atoms with Gasteiger partial charge in [-0.15, -0.1) is 0 Å². The van der Waals surface area contributed by atoms with Gasteiger partial charge in [0.15, 0.2) is 5.78 Å². The number of carbonyl (C=O) groups is 3. The molecule has 8 atom stereocenters. The molecule has 288 valence electrons. The highest BCUT2D eigenvalue weighted by Gasteiger charge is 2.70. The molecule has 0 radical (unpaired) electrons. The highest BCUT2D eigenvalue weighted by atomic mass is 35.5. The average Bonchev–Trinajstić information content (AvgIpc) is 3.35. The molecule has 5 aliphatic rings. The first-order chi connectivity index (χ1) is 24.1. The van der Waals surface area contributed by atoms with Gasteiger partial charge in [-0.2, -0.15) is 0 Å². The van der Waals surface area contributed by atoms with Crippen LogP contribution in [0.25, 0.3) is 0 Å². The van der Waals surface area contributed by atoms with Crippen LogP contribution in [0.5, 0.6) is 0 Å². The number of carboxylic acids is 1. The van der Waals surface area contributed by atoms with Crippen LogP contribution in [0.2, 0.25) is 5.02 Å². The van der Waals surface area contributed by atoms with Crippen molar-refractivity contribution in [3.63, 3.8) is 0 Å². The molecule has 1 aromatic carbocycles. The highest BCUT2D eigenvalue weighted by molar-refractivity contribution is 6.30. The number of ether oxygens (including phenoxy) is 1. The molecular formula is C45H66ClNO5. The summed E-state index contributed by atoms with van der Waals surface area (Å²) in [5.74, 6) is 0.655. The fourth-order valence-corrected chi connectivity index (χ4v) is 13.4. The van der Waals surface area contributed by atoms with Gasteiger partial charge < -0.3 is 14.7 Å². The van der Waals surface area contributed by atoms with Crippen LogP contribution in [-0.4, -0.2) is 47.4 Å². The average molecular weight is 736 g/mol. The fourth-order valence-electron chi connectivity index (χ4n) is 13.3. The van der Waals surface area contributed by atoms with Gasteiger partial charge in [0.05, 0.1) is 11.8 Å². The van der Waals surface area contributed by atoms with Crippen molar-refractivity contribution in [2.45, 2.75) is 146 Å². The Morgan fingerprint density at radius 1 is 0.942 bits per heavy atom. The Morgan fingerprint density at radius 3 is 2.25 bits per heavy atom. The van der Waals surface area contributed by atoms with Crippen molar-refractivity contribution in [2.24, 2.45) is 56.2 Å². The van der Waals surface area contributed by atoms with Crippen LogP contribution in [0.15, 0.2) is 35.4 Å². The van der Waals surface area contributed by atoms with Crippen LogP contribution >= 0.6 is 11.6 Å². The summed E-state index contributed by atoms with van der Waals surface area (Å²) in [6.07, 6.45) is 10.0. The summed E-state index contributed by atoms with van der Waals surface area (Å²) >= 11 is 6.16. The number of aliphatic carboxylic acids is 1. The first-order valence-electron chi connectivity index (χ1n) is 20.2. The molecule has 0 aromatic heterocycles. The maximum Gasteiger partial charge on any atom is 0.309 e. The van der Waals surface area contributed by atoms with Crippen molar-refractivity contribution in [3.05, 3.63) is 46.0 Å². The molecule has 4 fully saturated rings. The number of benzene rings is 1. The Bertz CT molecular complexity index is 1610. The molecule has 1 unspecified atom stereocenters. The van der Waals surface area contributed by atoms with Gasteiger partial charge in [0.2, 0.25) is 0 Å². The lowest BCUT2D eigenvalue weighted by Gasteiger charge is -2.72. The van der Waals surface area contributed by atoms with Crippen LogP contribution in [-0.2, 0) is 25.7 Å². The third kappa shape index (κ3) is 6.32. The molecule has 6 nitrogen and oxygen atoms in total. The Balaban J connectivity index is 1.25. The summed E-state index contributed by atoms with van der Waals surface area (Å²) < 4.78 is 6.18. The normalized spacial score (nSPS) is 37.0. The molecule has 4 saturated carbocycles. The summed E-state index contributed by atoms with van der Waals surface area (Å²) in [6, 6.07) is 8.16. The fraction of sp³-hybridized carbons (Fsp3) is 0.756. The summed E-state index contributed by atoms with van der Waals surface area (Å²) in [5.41, 5.74) is 2.94. The number of nitrogens with zero attached hydrogens (tertiary/aromatic N) is 1. The third-order valence-electron chi connectivity index (χ3n) is 16.3. The minimum atomic E-state index is -1.15. The highest BCUT2D eigenvalue weighted by Crippen LogP contribution is 2.77. The Kier molecular flexibility index (Phi) is 10.3. The van der Waals surface area contributed by atoms with Crippen molar-refractivity contribution < 1.29 is 24.2 Å². The molecule has 5 aliphatic carbocycles. The number of hydrogen-bond acceptors (Lipinski definition) is 5. The molecule has 0 heterocycles. The molecule has 0 amide bonds. The number of fused-ring (bicyclic) bond motifs is 7. The number of Topliss-reactive ketones (excluding diaryl/α,β-unsaturated/α-hetero) is 1. The van der Waals surface area contributed by atoms with Crippen LogP contribution in [0.4, 0.5) is 0 Å². The summed E-state index contributed by atoms with van der Waals surface area (Å²) in [7, 11) is 2.21. The van der Waals surface area contributed by atoms with Gasteiger partial charge in [-0.25, -0.2) is 0 Å². The first kappa shape index (κ1) is 39.5. The monoisotopic (exact) mass is 735 g/mol. The quantitative estimate of drug-likeness (QED) is 0.241. The standard InChI is InChI=1S/C45H66ClNO5/c1-28(2)37-32(48)25-45(23-24-47(10)27-29-11-13-30(46)14-12-29)22-21-43(8)31(38(37)45)15-16-34-42(7)19-18-35(52-36(49)26-40(3,4)39(50)51)41(5,6)33(42)17-20-44(34,43)9/h11-14,28,31,33-35H,15-27H2,1-10H3,(H,50,51)/t31-,33?,34-,35+,42+,43-,44-,45-/m1/s1. The van der Waals surface area contributed by atoms with Gasteiger partial charge in [-0.05, 0) is 148 Å². The molecular weight excluding hydrogens is 670 g/mol. The SMILES string of the molecule is CC(C)C1=C2[C@H]3CC[C@@H]4[C@@]5(C)CC[C@H](OC(=O)CC(C)(C)C(=O)O)C(C)(C)C5CC[C@@]4(C)[C@]3(C)CC[C@@]2(CCN(C)Cc2ccc(Cl)cc2)CC1=O. The zero-order valence-corrected chi connectivity index (χ0v) is 34.5. The maximum atomic E-state index is 14.1. The lowest BCUT2D eigenvalue weighted by atomic mass is 9.33. The van der Waals surface area contributed by atoms with E-state index >= 15 is 0 Å². The van der Waals surface area contributed by atoms with E-state index in [1.54, 1.807) is 19.4 Å². The van der Waals surface area contributed by atoms with Crippen LogP contribution in [0.3, 0.4) is 0 Å². The predicted molar refractivity (Wildman–Crippen MR) is 208 cm³/mol. The molecule has 1 N–H and O–H groups in total. The largest absolute Gasteiger partial charge is 0.481 e. The van der Waals surface area contributed by atoms with Gasteiger partial charge in [0.25, 0.3) is 0 Å². The predicted octanol–water partition coefficient (Wildman–Crippen LogP) is 10.6. The number of rotatable bonds is 10. The van der Waals surface area contributed by atoms with E-state index in [1.165, 1.54) is 12.0 Å². The van der Waals surface area contributed by atoms with E-state index < -0.39 is 17.4 Å². The van der Waals surface area contributed by atoms with Crippen molar-refractivity contribution >= 4 is 29.3 Å². The van der Waals surface area contributed by atoms with Gasteiger partial charge in [0, 0.05) is 28.8 Å². The lowest BCUT2D eigenvalue weighted by molar-refractivity contribution is -0.233. The third-order valence-corrected chi connectivity index (χ3v) is 16.5. The molecule has 6 rings (SSSR count). The Hall–Kier alpha value is -2.18. The summed E-state index contributed by atoms with van der Waals surface area (Å²) in [5, 5.41) is 10.4. The second-order valence-electron chi connectivity index (χ2n) is 20.3. The number of halogens is 1. The molecule has 52 heavy (non-hydrogen) atoms. The van der Waals surface area contributed by atoms with Crippen molar-refractivity contribution in [2.75, 3.05) is 13.6 Å². The van der Waals surface area contributed by atoms with E-state index in [1.807, 2.05) is 12.1 Å². The number of carbonyl (C=O) groups excluding carboxylic acids is 2. The second-order valence-corrected chi connectivity index (χ2v) is 20.7. The maximum absolute atomic E-state index is 14.1. The molecule has 7 heteroatoms. The van der Waals surface area contributed by atoms with Gasteiger partial charge in [0.1, 0.15) is 6.10 Å². The van der Waals surface area contributed by atoms with Gasteiger partial charge in [-0.1, -0.05) is 77.8 Å². The smallest absolute Gasteiger partial charge is 0.309 e. The summed E-state index contributed by atoms with van der Waals surface area (Å²) in [6.45, 7) is 21.9. The Labute approximate surface area is 318 Å². The number of hydrogen-bond donors (Lipinski definition) is 1. The van der Waals surface area contributed by atoms with Crippen LogP contribution in [0.1, 0.15) is 139 Å². The number of ketones is 1. The van der Waals surface area contributed by atoms with Gasteiger partial charge >= 0.3 is 11.9 Å². The minimum Gasteiger partial charge on any atom is -0.481 e. The number of allylic oxidation sites excluding steroid dienone is 2. The Morgan fingerprint density at radius 2 is 1.62 bits per heavy atom. The molecule has 0 spiro atoms. The van der Waals surface area contributed by atoms with E-state index in [0.717, 1.165) is 75.1 Å². The molecule has 0 saturated heterocycles. The lowest BCUT2D eigenvalue weighted by Crippen LogP contribution is -2.65. The second kappa shape index (κ2) is 13.5. The number of carboxylic acid groups (broad SMARTS) is 1. The van der Waals surface area contributed by atoms with E-state index in [2.05, 4.69) is 72.5 Å². The first-order valence-corrected chi connectivity index (χ1v) is 20.6. The van der Waals surface area contributed by atoms with Crippen molar-refractivity contribution in [1.29, 1.82) is 0 Å². The van der Waals surface area contributed by atoms with Gasteiger partial charge in [-0.3, -0.25) is 14.4 Å². The van der Waals surface area contributed by atoms with Crippen molar-refractivity contribution in [1.82, 2.24) is 4.90 Å². The molecule has 1 aromatic rings. The van der Waals surface area contributed by atoms with Crippen LogP contribution in [0, 0.1) is 56.2 Å². The van der Waals surface area contributed by atoms with E-state index in [9.17, 15) is 19.5 Å². The zero-order chi connectivity index (χ0) is 38.2. The minimum absolute atomic E-state index is 0.0431. The summed E-state index contributed by atoms with van der Waals surface area (Å²) in [4.78, 5) is 41.3.